The van der Waals surface area contributed by atoms with Gasteiger partial charge in [-0.3, -0.25) is 0 Å². The quantitative estimate of drug-likeness (QED) is 0.835. The third-order valence-electron chi connectivity index (χ3n) is 3.03. The van der Waals surface area contributed by atoms with E-state index in [9.17, 15) is 0 Å². The van der Waals surface area contributed by atoms with Crippen molar-refractivity contribution in [1.82, 2.24) is 15.5 Å². The molecule has 1 unspecified atom stereocenters. The molecule has 2 heterocycles. The molecule has 0 aliphatic carbocycles. The van der Waals surface area contributed by atoms with E-state index in [-0.39, 0.29) is 0 Å². The lowest BCUT2D eigenvalue weighted by Gasteiger charge is -2.29. The summed E-state index contributed by atoms with van der Waals surface area (Å²) in [6.07, 6.45) is 3.71. The van der Waals surface area contributed by atoms with Crippen LogP contribution in [-0.2, 0) is 0 Å². The Labute approximate surface area is 101 Å². The number of nitriles is 1. The van der Waals surface area contributed by atoms with Gasteiger partial charge in [0.1, 0.15) is 6.07 Å². The molecule has 0 spiro atoms. The van der Waals surface area contributed by atoms with E-state index in [0.29, 0.717) is 11.6 Å². The van der Waals surface area contributed by atoms with Gasteiger partial charge in [0.2, 0.25) is 0 Å². The van der Waals surface area contributed by atoms with Crippen molar-refractivity contribution in [2.75, 3.05) is 24.5 Å². The van der Waals surface area contributed by atoms with Crippen LogP contribution < -0.4 is 10.2 Å². The molecular formula is C12H17N5. The highest BCUT2D eigenvalue weighted by Crippen LogP contribution is 2.21. The number of hydrogen-bond donors (Lipinski definition) is 1. The van der Waals surface area contributed by atoms with Crippen molar-refractivity contribution >= 4 is 5.82 Å². The maximum absolute atomic E-state index is 9.12. The van der Waals surface area contributed by atoms with Gasteiger partial charge in [-0.1, -0.05) is 6.92 Å². The van der Waals surface area contributed by atoms with Gasteiger partial charge in [-0.2, -0.15) is 10.4 Å². The first kappa shape index (κ1) is 11.8. The Morgan fingerprint density at radius 3 is 3.18 bits per heavy atom. The summed E-state index contributed by atoms with van der Waals surface area (Å²) in [6.45, 7) is 5.05. The van der Waals surface area contributed by atoms with Gasteiger partial charge in [-0.05, 0) is 25.5 Å². The normalized spacial score (nSPS) is 18.9. The fraction of sp³-hybridized carbons (Fsp3) is 0.583. The van der Waals surface area contributed by atoms with Gasteiger partial charge >= 0.3 is 0 Å². The average Bonchev–Trinajstić information content (AvgIpc) is 2.89. The molecule has 5 heteroatoms. The summed E-state index contributed by atoms with van der Waals surface area (Å²) in [5.41, 5.74) is 0.611. The highest BCUT2D eigenvalue weighted by atomic mass is 15.3. The predicted octanol–water partition coefficient (Wildman–Crippen LogP) is 0.927. The van der Waals surface area contributed by atoms with Crippen molar-refractivity contribution in [1.29, 1.82) is 5.26 Å². The van der Waals surface area contributed by atoms with Crippen LogP contribution in [0.15, 0.2) is 12.3 Å². The zero-order chi connectivity index (χ0) is 12.1. The Morgan fingerprint density at radius 1 is 1.65 bits per heavy atom. The molecule has 0 amide bonds. The molecule has 2 rings (SSSR count). The molecule has 1 aromatic heterocycles. The molecule has 5 nitrogen and oxygen atoms in total. The van der Waals surface area contributed by atoms with Crippen LogP contribution in [0.2, 0.25) is 0 Å². The van der Waals surface area contributed by atoms with Gasteiger partial charge in [0.25, 0.3) is 0 Å². The van der Waals surface area contributed by atoms with Crippen LogP contribution in [-0.4, -0.2) is 35.9 Å². The van der Waals surface area contributed by atoms with E-state index in [2.05, 4.69) is 33.4 Å². The van der Waals surface area contributed by atoms with Crippen molar-refractivity contribution in [3.63, 3.8) is 0 Å². The molecule has 90 valence electrons. The van der Waals surface area contributed by atoms with Crippen LogP contribution >= 0.6 is 0 Å². The van der Waals surface area contributed by atoms with Crippen molar-refractivity contribution < 1.29 is 0 Å². The minimum Gasteiger partial charge on any atom is -0.350 e. The van der Waals surface area contributed by atoms with E-state index in [1.165, 1.54) is 0 Å². The molecule has 1 aromatic rings. The van der Waals surface area contributed by atoms with E-state index in [1.807, 2.05) is 0 Å². The van der Waals surface area contributed by atoms with Gasteiger partial charge in [-0.15, -0.1) is 5.10 Å². The highest BCUT2D eigenvalue weighted by Gasteiger charge is 2.24. The first-order chi connectivity index (χ1) is 8.36. The van der Waals surface area contributed by atoms with Gasteiger partial charge in [0.15, 0.2) is 5.82 Å². The van der Waals surface area contributed by atoms with Crippen LogP contribution in [0.4, 0.5) is 5.82 Å². The Balaban J connectivity index is 2.28. The van der Waals surface area contributed by atoms with Crippen LogP contribution in [0.25, 0.3) is 0 Å². The van der Waals surface area contributed by atoms with E-state index in [1.54, 1.807) is 12.3 Å². The number of aromatic nitrogens is 2. The fourth-order valence-corrected chi connectivity index (χ4v) is 2.23. The van der Waals surface area contributed by atoms with Gasteiger partial charge in [0, 0.05) is 19.1 Å². The van der Waals surface area contributed by atoms with Crippen LogP contribution in [0, 0.1) is 11.3 Å². The number of nitrogens with zero attached hydrogens (tertiary/aromatic N) is 4. The molecule has 1 aliphatic heterocycles. The first-order valence-corrected chi connectivity index (χ1v) is 6.06. The molecule has 1 fully saturated rings. The second-order valence-corrected chi connectivity index (χ2v) is 4.22. The summed E-state index contributed by atoms with van der Waals surface area (Å²) < 4.78 is 0. The summed E-state index contributed by atoms with van der Waals surface area (Å²) in [5.74, 6) is 0.727. The van der Waals surface area contributed by atoms with E-state index in [4.69, 9.17) is 5.26 Å². The zero-order valence-electron chi connectivity index (χ0n) is 10.1. The van der Waals surface area contributed by atoms with Crippen molar-refractivity contribution in [3.8, 4) is 6.07 Å². The van der Waals surface area contributed by atoms with Gasteiger partial charge < -0.3 is 10.2 Å². The molecule has 0 radical (unpaired) electrons. The molecule has 0 saturated carbocycles. The predicted molar refractivity (Wildman–Crippen MR) is 65.7 cm³/mol. The summed E-state index contributed by atoms with van der Waals surface area (Å²) in [4.78, 5) is 2.21. The number of anilines is 1. The number of hydrogen-bond acceptors (Lipinski definition) is 5. The lowest BCUT2D eigenvalue weighted by atomic mass is 10.2. The van der Waals surface area contributed by atoms with Crippen LogP contribution in [0.1, 0.15) is 25.3 Å². The van der Waals surface area contributed by atoms with Crippen molar-refractivity contribution in [2.24, 2.45) is 0 Å². The monoisotopic (exact) mass is 231 g/mol. The summed E-state index contributed by atoms with van der Waals surface area (Å²) in [7, 11) is 0. The highest BCUT2D eigenvalue weighted by molar-refractivity contribution is 5.53. The van der Waals surface area contributed by atoms with E-state index in [0.717, 1.165) is 38.3 Å². The number of nitrogens with one attached hydrogen (secondary N) is 1. The Morgan fingerprint density at radius 2 is 2.53 bits per heavy atom. The maximum Gasteiger partial charge on any atom is 0.169 e. The lowest BCUT2D eigenvalue weighted by Crippen LogP contribution is -2.38. The molecule has 17 heavy (non-hydrogen) atoms. The van der Waals surface area contributed by atoms with Crippen molar-refractivity contribution in [3.05, 3.63) is 17.8 Å². The average molecular weight is 231 g/mol. The van der Waals surface area contributed by atoms with Gasteiger partial charge in [-0.25, -0.2) is 0 Å². The lowest BCUT2D eigenvalue weighted by molar-refractivity contribution is 0.613. The Hall–Kier alpha value is -1.67. The third-order valence-corrected chi connectivity index (χ3v) is 3.03. The molecule has 0 bridgehead atoms. The molecule has 0 aromatic carbocycles. The van der Waals surface area contributed by atoms with Crippen LogP contribution in [0.3, 0.4) is 0 Å². The maximum atomic E-state index is 9.12. The standard InChI is InChI=1S/C12H17N5/c1-2-7-17(11-4-5-14-9-11)12-10(8-13)3-6-15-16-12/h3,6,11,14H,2,4-5,7,9H2,1H3. The zero-order valence-corrected chi connectivity index (χ0v) is 10.1. The summed E-state index contributed by atoms with van der Waals surface area (Å²) >= 11 is 0. The minimum atomic E-state index is 0.429. The molecule has 1 atom stereocenters. The molecule has 1 aliphatic rings. The topological polar surface area (TPSA) is 64.8 Å². The van der Waals surface area contributed by atoms with E-state index >= 15 is 0 Å². The van der Waals surface area contributed by atoms with Crippen molar-refractivity contribution in [2.45, 2.75) is 25.8 Å². The Bertz CT molecular complexity index is 406. The SMILES string of the molecule is CCCN(c1nnccc1C#N)C1CCNC1. The molecule has 1 N–H and O–H groups in total. The Kier molecular flexibility index (Phi) is 3.89. The third kappa shape index (κ3) is 2.53. The summed E-state index contributed by atoms with van der Waals surface area (Å²) in [6, 6.07) is 4.35. The van der Waals surface area contributed by atoms with Crippen LogP contribution in [0.5, 0.6) is 0 Å². The largest absolute Gasteiger partial charge is 0.350 e. The van der Waals surface area contributed by atoms with Gasteiger partial charge in [0.05, 0.1) is 11.8 Å². The molecular weight excluding hydrogens is 214 g/mol. The fourth-order valence-electron chi connectivity index (χ4n) is 2.23. The summed E-state index contributed by atoms with van der Waals surface area (Å²) in [5, 5.41) is 20.5. The second kappa shape index (κ2) is 5.60. The minimum absolute atomic E-state index is 0.429. The second-order valence-electron chi connectivity index (χ2n) is 4.22. The first-order valence-electron chi connectivity index (χ1n) is 6.06. The van der Waals surface area contributed by atoms with E-state index < -0.39 is 0 Å². The smallest absolute Gasteiger partial charge is 0.169 e. The number of rotatable bonds is 4. The molecule has 1 saturated heterocycles.